The van der Waals surface area contributed by atoms with Crippen molar-refractivity contribution >= 4 is 17.8 Å². The van der Waals surface area contributed by atoms with Gasteiger partial charge in [0.2, 0.25) is 12.3 Å². The highest BCUT2D eigenvalue weighted by Gasteiger charge is 2.39. The van der Waals surface area contributed by atoms with Crippen molar-refractivity contribution < 1.29 is 27.9 Å². The predicted molar refractivity (Wildman–Crippen MR) is 86.6 cm³/mol. The van der Waals surface area contributed by atoms with Gasteiger partial charge in [-0.15, -0.1) is 0 Å². The SMILES string of the molecule is O=C(CCN1C(=O)NC(CC(F)F)C1=O)N1CCOc2ccccc2C1. The van der Waals surface area contributed by atoms with Crippen molar-refractivity contribution in [2.24, 2.45) is 0 Å². The summed E-state index contributed by atoms with van der Waals surface area (Å²) in [6, 6.07) is 5.44. The third-order valence-electron chi connectivity index (χ3n) is 4.38. The van der Waals surface area contributed by atoms with Crippen LogP contribution in [0.2, 0.25) is 0 Å². The fourth-order valence-electron chi connectivity index (χ4n) is 3.03. The van der Waals surface area contributed by atoms with Crippen LogP contribution in [0.25, 0.3) is 0 Å². The maximum absolute atomic E-state index is 12.5. The summed E-state index contributed by atoms with van der Waals surface area (Å²) in [4.78, 5) is 38.7. The van der Waals surface area contributed by atoms with E-state index in [1.807, 2.05) is 24.3 Å². The van der Waals surface area contributed by atoms with Gasteiger partial charge in [0, 0.05) is 31.5 Å². The van der Waals surface area contributed by atoms with Crippen molar-refractivity contribution in [3.05, 3.63) is 29.8 Å². The number of nitrogens with one attached hydrogen (secondary N) is 1. The topological polar surface area (TPSA) is 79.0 Å². The Morgan fingerprint density at radius 2 is 2.08 bits per heavy atom. The number of carbonyl (C=O) groups is 3. The molecular formula is C17H19F2N3O4. The number of alkyl halides is 2. The van der Waals surface area contributed by atoms with Crippen LogP contribution in [0, 0.1) is 0 Å². The quantitative estimate of drug-likeness (QED) is 0.798. The Bertz CT molecular complexity index is 713. The number of hydrogen-bond acceptors (Lipinski definition) is 4. The third kappa shape index (κ3) is 3.92. The molecule has 0 aliphatic carbocycles. The first-order chi connectivity index (χ1) is 12.5. The molecule has 1 aromatic carbocycles. The second-order valence-electron chi connectivity index (χ2n) is 6.14. The van der Waals surface area contributed by atoms with E-state index in [1.165, 1.54) is 0 Å². The molecule has 26 heavy (non-hydrogen) atoms. The van der Waals surface area contributed by atoms with Gasteiger partial charge in [-0.2, -0.15) is 0 Å². The first-order valence-corrected chi connectivity index (χ1v) is 8.34. The molecule has 140 valence electrons. The van der Waals surface area contributed by atoms with Crippen molar-refractivity contribution in [3.8, 4) is 5.75 Å². The van der Waals surface area contributed by atoms with Crippen LogP contribution in [-0.2, 0) is 16.1 Å². The van der Waals surface area contributed by atoms with E-state index in [-0.39, 0.29) is 18.9 Å². The highest BCUT2D eigenvalue weighted by molar-refractivity contribution is 6.04. The largest absolute Gasteiger partial charge is 0.491 e. The predicted octanol–water partition coefficient (Wildman–Crippen LogP) is 1.37. The van der Waals surface area contributed by atoms with Gasteiger partial charge in [-0.05, 0) is 6.07 Å². The molecule has 0 aromatic heterocycles. The van der Waals surface area contributed by atoms with Crippen molar-refractivity contribution in [1.29, 1.82) is 0 Å². The zero-order chi connectivity index (χ0) is 18.7. The second-order valence-corrected chi connectivity index (χ2v) is 6.14. The molecular weight excluding hydrogens is 348 g/mol. The first-order valence-electron chi connectivity index (χ1n) is 8.34. The molecule has 1 atom stereocenters. The van der Waals surface area contributed by atoms with Gasteiger partial charge in [0.05, 0.1) is 6.54 Å². The molecule has 9 heteroatoms. The monoisotopic (exact) mass is 367 g/mol. The molecule has 3 rings (SSSR count). The van der Waals surface area contributed by atoms with Gasteiger partial charge in [-0.3, -0.25) is 14.5 Å². The third-order valence-corrected chi connectivity index (χ3v) is 4.38. The van der Waals surface area contributed by atoms with Crippen LogP contribution in [0.3, 0.4) is 0 Å². The Morgan fingerprint density at radius 3 is 2.85 bits per heavy atom. The minimum absolute atomic E-state index is 0.0667. The van der Waals surface area contributed by atoms with Crippen LogP contribution >= 0.6 is 0 Å². The average molecular weight is 367 g/mol. The lowest BCUT2D eigenvalue weighted by Gasteiger charge is -2.21. The first kappa shape index (κ1) is 18.1. The number of carbonyl (C=O) groups excluding carboxylic acids is 3. The number of imide groups is 1. The average Bonchev–Trinajstić information content (AvgIpc) is 2.77. The van der Waals surface area contributed by atoms with E-state index in [0.29, 0.717) is 19.7 Å². The summed E-state index contributed by atoms with van der Waals surface area (Å²) >= 11 is 0. The van der Waals surface area contributed by atoms with E-state index < -0.39 is 30.8 Å². The number of nitrogens with zero attached hydrogens (tertiary/aromatic N) is 2. The summed E-state index contributed by atoms with van der Waals surface area (Å²) in [5, 5.41) is 2.22. The second kappa shape index (κ2) is 7.67. The van der Waals surface area contributed by atoms with E-state index >= 15 is 0 Å². The lowest BCUT2D eigenvalue weighted by Crippen LogP contribution is -2.38. The molecule has 1 N–H and O–H groups in total. The number of amides is 4. The summed E-state index contributed by atoms with van der Waals surface area (Å²) in [5.74, 6) is -0.220. The Balaban J connectivity index is 1.57. The number of urea groups is 1. The number of rotatable bonds is 5. The van der Waals surface area contributed by atoms with Crippen molar-refractivity contribution in [2.45, 2.75) is 31.9 Å². The van der Waals surface area contributed by atoms with Gasteiger partial charge in [0.25, 0.3) is 5.91 Å². The van der Waals surface area contributed by atoms with Crippen LogP contribution < -0.4 is 10.1 Å². The zero-order valence-electron chi connectivity index (χ0n) is 14.0. The molecule has 7 nitrogen and oxygen atoms in total. The van der Waals surface area contributed by atoms with Crippen molar-refractivity contribution in [2.75, 3.05) is 19.7 Å². The number of hydrogen-bond donors (Lipinski definition) is 1. The van der Waals surface area contributed by atoms with E-state index in [0.717, 1.165) is 16.2 Å². The molecule has 1 fully saturated rings. The zero-order valence-corrected chi connectivity index (χ0v) is 14.0. The van der Waals surface area contributed by atoms with Crippen LogP contribution in [0.15, 0.2) is 24.3 Å². The standard InChI is InChI=1S/C17H19F2N3O4/c18-14(19)9-12-16(24)22(17(25)20-12)6-5-15(23)21-7-8-26-13-4-2-1-3-11(13)10-21/h1-4,12,14H,5-10H2,(H,20,25). The fraction of sp³-hybridized carbons (Fsp3) is 0.471. The Labute approximate surface area is 148 Å². The lowest BCUT2D eigenvalue weighted by molar-refractivity contribution is -0.133. The summed E-state index contributed by atoms with van der Waals surface area (Å²) in [5.41, 5.74) is 0.880. The van der Waals surface area contributed by atoms with E-state index in [1.54, 1.807) is 4.90 Å². The molecule has 2 aliphatic rings. The number of para-hydroxylation sites is 1. The van der Waals surface area contributed by atoms with E-state index in [2.05, 4.69) is 5.32 Å². The highest BCUT2D eigenvalue weighted by Crippen LogP contribution is 2.23. The summed E-state index contributed by atoms with van der Waals surface area (Å²) in [6.45, 7) is 0.982. The number of fused-ring (bicyclic) bond motifs is 1. The van der Waals surface area contributed by atoms with Crippen LogP contribution in [0.1, 0.15) is 18.4 Å². The highest BCUT2D eigenvalue weighted by atomic mass is 19.3. The van der Waals surface area contributed by atoms with Crippen LogP contribution in [0.5, 0.6) is 5.75 Å². The minimum Gasteiger partial charge on any atom is -0.491 e. The molecule has 0 radical (unpaired) electrons. The van der Waals surface area contributed by atoms with Gasteiger partial charge in [-0.25, -0.2) is 13.6 Å². The molecule has 1 aromatic rings. The number of halogens is 2. The summed E-state index contributed by atoms with van der Waals surface area (Å²) in [6.07, 6.45) is -3.49. The maximum Gasteiger partial charge on any atom is 0.324 e. The molecule has 0 saturated carbocycles. The number of ether oxygens (including phenoxy) is 1. The normalized spacial score (nSPS) is 19.9. The Kier molecular flexibility index (Phi) is 5.34. The van der Waals surface area contributed by atoms with Gasteiger partial charge in [0.15, 0.2) is 0 Å². The van der Waals surface area contributed by atoms with E-state index in [9.17, 15) is 23.2 Å². The molecule has 2 heterocycles. The molecule has 2 aliphatic heterocycles. The van der Waals surface area contributed by atoms with Gasteiger partial charge in [-0.1, -0.05) is 18.2 Å². The van der Waals surface area contributed by atoms with Gasteiger partial charge in [0.1, 0.15) is 18.4 Å². The van der Waals surface area contributed by atoms with Gasteiger partial charge < -0.3 is 15.0 Å². The number of benzene rings is 1. The Morgan fingerprint density at radius 1 is 1.31 bits per heavy atom. The van der Waals surface area contributed by atoms with Crippen LogP contribution in [-0.4, -0.2) is 59.8 Å². The van der Waals surface area contributed by atoms with Crippen LogP contribution in [0.4, 0.5) is 13.6 Å². The summed E-state index contributed by atoms with van der Waals surface area (Å²) < 4.78 is 30.5. The van der Waals surface area contributed by atoms with E-state index in [4.69, 9.17) is 4.74 Å². The maximum atomic E-state index is 12.5. The summed E-state index contributed by atoms with van der Waals surface area (Å²) in [7, 11) is 0. The van der Waals surface area contributed by atoms with Crippen molar-refractivity contribution in [3.63, 3.8) is 0 Å². The Hall–Kier alpha value is -2.71. The van der Waals surface area contributed by atoms with Gasteiger partial charge >= 0.3 is 6.03 Å². The molecule has 1 unspecified atom stereocenters. The lowest BCUT2D eigenvalue weighted by atomic mass is 10.2. The molecule has 0 spiro atoms. The minimum atomic E-state index is -2.69. The fourth-order valence-corrected chi connectivity index (χ4v) is 3.03. The van der Waals surface area contributed by atoms with Crippen molar-refractivity contribution in [1.82, 2.24) is 15.1 Å². The molecule has 4 amide bonds. The molecule has 1 saturated heterocycles. The molecule has 0 bridgehead atoms. The smallest absolute Gasteiger partial charge is 0.324 e.